The van der Waals surface area contributed by atoms with Crippen LogP contribution in [0.15, 0.2) is 60.7 Å². The molecular weight excluding hydrogens is 194 g/mol. The second kappa shape index (κ2) is 5.36. The summed E-state index contributed by atoms with van der Waals surface area (Å²) in [6.07, 6.45) is 0. The molecule has 0 atom stereocenters. The van der Waals surface area contributed by atoms with Gasteiger partial charge in [-0.2, -0.15) is 0 Å². The van der Waals surface area contributed by atoms with Gasteiger partial charge < -0.3 is 4.90 Å². The Balaban J connectivity index is 2.13. The predicted molar refractivity (Wildman–Crippen MR) is 69.3 cm³/mol. The van der Waals surface area contributed by atoms with Crippen LogP contribution in [0.4, 0.5) is 5.69 Å². The lowest BCUT2D eigenvalue weighted by Gasteiger charge is -2.23. The van der Waals surface area contributed by atoms with Gasteiger partial charge in [0.25, 0.3) is 0 Å². The van der Waals surface area contributed by atoms with Crippen molar-refractivity contribution in [2.45, 2.75) is 6.54 Å². The van der Waals surface area contributed by atoms with Crippen LogP contribution in [0.2, 0.25) is 0 Å². The summed E-state index contributed by atoms with van der Waals surface area (Å²) >= 11 is 0. The summed E-state index contributed by atoms with van der Waals surface area (Å²) in [6, 6.07) is 20.9. The van der Waals surface area contributed by atoms with Gasteiger partial charge in [-0.3, -0.25) is 0 Å². The van der Waals surface area contributed by atoms with E-state index in [2.05, 4.69) is 60.4 Å². The van der Waals surface area contributed by atoms with Crippen molar-refractivity contribution in [1.29, 1.82) is 0 Å². The lowest BCUT2D eigenvalue weighted by molar-refractivity contribution is 0.866. The van der Waals surface area contributed by atoms with Crippen LogP contribution in [0.25, 0.3) is 0 Å². The first-order valence-electron chi connectivity index (χ1n) is 5.53. The van der Waals surface area contributed by atoms with E-state index in [1.807, 2.05) is 12.1 Å². The molecule has 1 nitrogen and oxygen atoms in total. The number of hydrogen-bond donors (Lipinski definition) is 0. The van der Waals surface area contributed by atoms with Crippen LogP contribution in [-0.2, 0) is 6.54 Å². The zero-order valence-corrected chi connectivity index (χ0v) is 9.34. The molecular formula is C15H16N. The van der Waals surface area contributed by atoms with E-state index < -0.39 is 0 Å². The van der Waals surface area contributed by atoms with Crippen LogP contribution in [0, 0.1) is 6.92 Å². The SMILES string of the molecule is [CH2]CN(Cc1ccccc1)c1ccccc1. The Kier molecular flexibility index (Phi) is 3.60. The summed E-state index contributed by atoms with van der Waals surface area (Å²) < 4.78 is 0. The summed E-state index contributed by atoms with van der Waals surface area (Å²) in [7, 11) is 0. The molecule has 2 rings (SSSR count). The zero-order valence-electron chi connectivity index (χ0n) is 9.34. The van der Waals surface area contributed by atoms with Crippen molar-refractivity contribution in [2.24, 2.45) is 0 Å². The van der Waals surface area contributed by atoms with E-state index in [9.17, 15) is 0 Å². The van der Waals surface area contributed by atoms with Crippen LogP contribution >= 0.6 is 0 Å². The molecule has 1 heteroatoms. The molecule has 0 aromatic heterocycles. The maximum Gasteiger partial charge on any atom is 0.0429 e. The number of rotatable bonds is 4. The fraction of sp³-hybridized carbons (Fsp3) is 0.133. The number of hydrogen-bond acceptors (Lipinski definition) is 1. The molecule has 1 radical (unpaired) electrons. The van der Waals surface area contributed by atoms with Gasteiger partial charge in [-0.25, -0.2) is 0 Å². The van der Waals surface area contributed by atoms with Gasteiger partial charge in [-0.1, -0.05) is 48.5 Å². The molecule has 16 heavy (non-hydrogen) atoms. The molecule has 0 heterocycles. The maximum absolute atomic E-state index is 3.98. The van der Waals surface area contributed by atoms with Gasteiger partial charge in [0, 0.05) is 18.8 Å². The maximum atomic E-state index is 3.98. The summed E-state index contributed by atoms with van der Waals surface area (Å²) in [4.78, 5) is 2.26. The molecule has 0 N–H and O–H groups in total. The van der Waals surface area contributed by atoms with Crippen molar-refractivity contribution in [3.05, 3.63) is 73.2 Å². The van der Waals surface area contributed by atoms with Gasteiger partial charge in [0.1, 0.15) is 0 Å². The first kappa shape index (κ1) is 10.7. The van der Waals surface area contributed by atoms with Gasteiger partial charge in [0.15, 0.2) is 0 Å². The Bertz CT molecular complexity index is 408. The molecule has 0 bridgehead atoms. The number of nitrogens with zero attached hydrogens (tertiary/aromatic N) is 1. The van der Waals surface area contributed by atoms with E-state index in [4.69, 9.17) is 0 Å². The van der Waals surface area contributed by atoms with E-state index in [0.717, 1.165) is 13.1 Å². The van der Waals surface area contributed by atoms with Crippen molar-refractivity contribution < 1.29 is 0 Å². The molecule has 0 aliphatic rings. The molecule has 2 aromatic carbocycles. The topological polar surface area (TPSA) is 3.24 Å². The second-order valence-electron chi connectivity index (χ2n) is 3.74. The normalized spacial score (nSPS) is 10.1. The van der Waals surface area contributed by atoms with Gasteiger partial charge in [0.2, 0.25) is 0 Å². The lowest BCUT2D eigenvalue weighted by Crippen LogP contribution is -2.21. The standard InChI is InChI=1S/C15H16N/c1-2-16(15-11-7-4-8-12-15)13-14-9-5-3-6-10-14/h3-12H,1-2,13H2. The molecule has 0 unspecified atom stereocenters. The highest BCUT2D eigenvalue weighted by Gasteiger charge is 2.03. The summed E-state index contributed by atoms with van der Waals surface area (Å²) in [6.45, 7) is 5.67. The Labute approximate surface area is 97.3 Å². The van der Waals surface area contributed by atoms with E-state index in [1.54, 1.807) is 0 Å². The fourth-order valence-electron chi connectivity index (χ4n) is 1.74. The Hall–Kier alpha value is -1.76. The van der Waals surface area contributed by atoms with E-state index in [1.165, 1.54) is 11.3 Å². The molecule has 0 saturated carbocycles. The van der Waals surface area contributed by atoms with Crippen molar-refractivity contribution >= 4 is 5.69 Å². The van der Waals surface area contributed by atoms with Gasteiger partial charge in [0.05, 0.1) is 0 Å². The van der Waals surface area contributed by atoms with Crippen LogP contribution in [0.1, 0.15) is 5.56 Å². The number of benzene rings is 2. The Morgan fingerprint density at radius 3 is 1.94 bits per heavy atom. The smallest absolute Gasteiger partial charge is 0.0429 e. The van der Waals surface area contributed by atoms with Crippen molar-refractivity contribution in [1.82, 2.24) is 0 Å². The molecule has 0 spiro atoms. The van der Waals surface area contributed by atoms with Crippen LogP contribution in [0.3, 0.4) is 0 Å². The largest absolute Gasteiger partial charge is 0.367 e. The quantitative estimate of drug-likeness (QED) is 0.746. The number of anilines is 1. The molecule has 0 aliphatic carbocycles. The summed E-state index contributed by atoms with van der Waals surface area (Å²) in [5.74, 6) is 0. The van der Waals surface area contributed by atoms with Crippen molar-refractivity contribution in [3.8, 4) is 0 Å². The minimum absolute atomic E-state index is 0.777. The second-order valence-corrected chi connectivity index (χ2v) is 3.74. The van der Waals surface area contributed by atoms with E-state index in [-0.39, 0.29) is 0 Å². The minimum atomic E-state index is 0.777. The molecule has 0 aliphatic heterocycles. The third-order valence-electron chi connectivity index (χ3n) is 2.61. The van der Waals surface area contributed by atoms with Gasteiger partial charge >= 0.3 is 0 Å². The average Bonchev–Trinajstić information content (AvgIpc) is 2.38. The van der Waals surface area contributed by atoms with E-state index >= 15 is 0 Å². The third-order valence-corrected chi connectivity index (χ3v) is 2.61. The highest BCUT2D eigenvalue weighted by Crippen LogP contribution is 2.15. The summed E-state index contributed by atoms with van der Waals surface area (Å²) in [5, 5.41) is 0. The highest BCUT2D eigenvalue weighted by atomic mass is 15.1. The monoisotopic (exact) mass is 210 g/mol. The molecule has 81 valence electrons. The lowest BCUT2D eigenvalue weighted by atomic mass is 10.2. The van der Waals surface area contributed by atoms with Crippen LogP contribution in [0.5, 0.6) is 0 Å². The van der Waals surface area contributed by atoms with Crippen molar-refractivity contribution in [2.75, 3.05) is 11.4 Å². The van der Waals surface area contributed by atoms with Gasteiger partial charge in [-0.15, -0.1) is 0 Å². The van der Waals surface area contributed by atoms with Crippen LogP contribution < -0.4 is 4.90 Å². The van der Waals surface area contributed by atoms with Gasteiger partial charge in [-0.05, 0) is 24.6 Å². The minimum Gasteiger partial charge on any atom is -0.367 e. The van der Waals surface area contributed by atoms with E-state index in [0.29, 0.717) is 0 Å². The number of para-hydroxylation sites is 1. The first-order valence-corrected chi connectivity index (χ1v) is 5.53. The predicted octanol–water partition coefficient (Wildman–Crippen LogP) is 3.53. The Morgan fingerprint density at radius 2 is 1.38 bits per heavy atom. The molecule has 2 aromatic rings. The highest BCUT2D eigenvalue weighted by molar-refractivity contribution is 5.46. The fourth-order valence-corrected chi connectivity index (χ4v) is 1.74. The molecule has 0 fully saturated rings. The molecule has 0 amide bonds. The third kappa shape index (κ3) is 2.63. The molecule has 0 saturated heterocycles. The summed E-state index contributed by atoms with van der Waals surface area (Å²) in [5.41, 5.74) is 2.54. The van der Waals surface area contributed by atoms with Crippen molar-refractivity contribution in [3.63, 3.8) is 0 Å². The zero-order chi connectivity index (χ0) is 11.2. The Morgan fingerprint density at radius 1 is 0.812 bits per heavy atom. The van der Waals surface area contributed by atoms with Crippen LogP contribution in [-0.4, -0.2) is 6.54 Å². The average molecular weight is 210 g/mol. The first-order chi connectivity index (χ1) is 7.90.